The minimum absolute atomic E-state index is 0.0456. The van der Waals surface area contributed by atoms with Gasteiger partial charge in [0.05, 0.1) is 27.6 Å². The number of halogens is 2. The summed E-state index contributed by atoms with van der Waals surface area (Å²) in [4.78, 5) is 15.4. The predicted octanol–water partition coefficient (Wildman–Crippen LogP) is 8.49. The second kappa shape index (κ2) is 13.5. The first kappa shape index (κ1) is 31.8. The lowest BCUT2D eigenvalue weighted by Gasteiger charge is -2.47. The van der Waals surface area contributed by atoms with Gasteiger partial charge in [0.25, 0.3) is 0 Å². The molecule has 2 unspecified atom stereocenters. The number of carbonyl (C=O) groups excluding carboxylic acids is 1. The molecular weight excluding hydrogens is 573 g/mol. The Balaban J connectivity index is 1.57. The summed E-state index contributed by atoms with van der Waals surface area (Å²) in [6, 6.07) is 12.3. The number of hydrogen-bond acceptors (Lipinski definition) is 5. The van der Waals surface area contributed by atoms with Gasteiger partial charge in [-0.1, -0.05) is 64.7 Å². The zero-order chi connectivity index (χ0) is 29.9. The minimum atomic E-state index is -1.98. The van der Waals surface area contributed by atoms with Gasteiger partial charge < -0.3 is 14.5 Å². The molecule has 2 saturated heterocycles. The van der Waals surface area contributed by atoms with Gasteiger partial charge in [-0.15, -0.1) is 0 Å². The molecule has 4 rings (SSSR count). The van der Waals surface area contributed by atoms with Crippen LogP contribution in [-0.4, -0.2) is 44.9 Å². The zero-order valence-corrected chi connectivity index (χ0v) is 27.6. The van der Waals surface area contributed by atoms with Crippen LogP contribution in [-0.2, 0) is 9.22 Å². The molecule has 0 aliphatic carbocycles. The molecule has 1 amide bonds. The molecule has 2 aromatic carbocycles. The maximum atomic E-state index is 13.0. The molecule has 2 aliphatic rings. The van der Waals surface area contributed by atoms with E-state index in [-0.39, 0.29) is 24.0 Å². The Hall–Kier alpha value is -2.08. The number of benzene rings is 2. The lowest BCUT2D eigenvalue weighted by atomic mass is 9.88. The van der Waals surface area contributed by atoms with E-state index in [1.807, 2.05) is 0 Å². The van der Waals surface area contributed by atoms with Gasteiger partial charge in [-0.05, 0) is 72.3 Å². The number of piperidine rings is 1. The summed E-state index contributed by atoms with van der Waals surface area (Å²) in [6.45, 7) is 16.2. The summed E-state index contributed by atoms with van der Waals surface area (Å²) in [5, 5.41) is 13.0. The smallest absolute Gasteiger partial charge is 0.225 e. The number of amides is 1. The third kappa shape index (κ3) is 6.78. The molecule has 9 heteroatoms. The highest BCUT2D eigenvalue weighted by molar-refractivity contribution is 6.77. The maximum Gasteiger partial charge on any atom is 0.225 e. The maximum absolute atomic E-state index is 13.0. The van der Waals surface area contributed by atoms with Crippen molar-refractivity contribution in [3.05, 3.63) is 57.6 Å². The molecule has 0 radical (unpaired) electrons. The molecule has 2 aromatic rings. The molecule has 0 aromatic heterocycles. The van der Waals surface area contributed by atoms with Crippen molar-refractivity contribution in [3.63, 3.8) is 0 Å². The van der Waals surface area contributed by atoms with Crippen LogP contribution in [0.3, 0.4) is 0 Å². The van der Waals surface area contributed by atoms with Crippen LogP contribution in [0, 0.1) is 17.2 Å². The van der Waals surface area contributed by atoms with Crippen LogP contribution < -0.4 is 10.1 Å². The Morgan fingerprint density at radius 3 is 1.95 bits per heavy atom. The minimum Gasteiger partial charge on any atom is -0.457 e. The predicted molar refractivity (Wildman–Crippen MR) is 168 cm³/mol. The highest BCUT2D eigenvalue weighted by Crippen LogP contribution is 2.46. The van der Waals surface area contributed by atoms with Gasteiger partial charge in [-0.25, -0.2) is 0 Å². The average Bonchev–Trinajstić information content (AvgIpc) is 3.34. The number of nitriles is 1. The van der Waals surface area contributed by atoms with Crippen LogP contribution in [0.15, 0.2) is 36.4 Å². The zero-order valence-electron chi connectivity index (χ0n) is 25.0. The fourth-order valence-corrected chi connectivity index (χ4v) is 13.5. The Bertz CT molecular complexity index is 1210. The van der Waals surface area contributed by atoms with Crippen molar-refractivity contribution >= 4 is 37.4 Å². The SMILES string of the molecule is CC(C)[Si](OC1CCN(C(c2c(Cl)cc(Oc3ccc(C#N)cc3)cc2Cl)C2CCNC2=O)CC1)(C(C)C)C(C)C. The topological polar surface area (TPSA) is 74.6 Å². The monoisotopic (exact) mass is 615 g/mol. The molecule has 222 valence electrons. The van der Waals surface area contributed by atoms with E-state index in [0.717, 1.165) is 37.9 Å². The second-order valence-corrected chi connectivity index (χ2v) is 18.6. The summed E-state index contributed by atoms with van der Waals surface area (Å²) in [5.74, 6) is 0.904. The highest BCUT2D eigenvalue weighted by atomic mass is 35.5. The molecule has 0 spiro atoms. The molecular formula is C32H43Cl2N3O3Si. The third-order valence-corrected chi connectivity index (χ3v) is 15.8. The van der Waals surface area contributed by atoms with Gasteiger partial charge in [0.2, 0.25) is 14.2 Å². The molecule has 2 atom stereocenters. The van der Waals surface area contributed by atoms with E-state index in [2.05, 4.69) is 57.8 Å². The van der Waals surface area contributed by atoms with Crippen molar-refractivity contribution in [2.75, 3.05) is 19.6 Å². The summed E-state index contributed by atoms with van der Waals surface area (Å²) >= 11 is 13.8. The highest BCUT2D eigenvalue weighted by Gasteiger charge is 2.47. The summed E-state index contributed by atoms with van der Waals surface area (Å²) < 4.78 is 13.1. The lowest BCUT2D eigenvalue weighted by molar-refractivity contribution is -0.124. The quantitative estimate of drug-likeness (QED) is 0.271. The first-order valence-electron chi connectivity index (χ1n) is 14.8. The first-order chi connectivity index (χ1) is 19.5. The van der Waals surface area contributed by atoms with Gasteiger partial charge in [-0.2, -0.15) is 5.26 Å². The fourth-order valence-electron chi connectivity index (χ4n) is 7.16. The molecule has 41 heavy (non-hydrogen) atoms. The Kier molecular flexibility index (Phi) is 10.5. The second-order valence-electron chi connectivity index (χ2n) is 12.3. The fraction of sp³-hybridized carbons (Fsp3) is 0.562. The van der Waals surface area contributed by atoms with Crippen LogP contribution in [0.25, 0.3) is 0 Å². The Morgan fingerprint density at radius 1 is 0.927 bits per heavy atom. The normalized spacial score (nSPS) is 19.6. The van der Waals surface area contributed by atoms with Crippen LogP contribution in [0.2, 0.25) is 26.7 Å². The van der Waals surface area contributed by atoms with Crippen LogP contribution in [0.4, 0.5) is 0 Å². The van der Waals surface area contributed by atoms with Crippen LogP contribution >= 0.6 is 23.2 Å². The van der Waals surface area contributed by atoms with E-state index in [4.69, 9.17) is 37.6 Å². The lowest BCUT2D eigenvalue weighted by Crippen LogP contribution is -2.52. The Labute approximate surface area is 256 Å². The summed E-state index contributed by atoms with van der Waals surface area (Å²) in [5.41, 5.74) is 2.95. The van der Waals surface area contributed by atoms with Gasteiger partial charge in [0.1, 0.15) is 11.5 Å². The number of nitrogens with one attached hydrogen (secondary N) is 1. The van der Waals surface area contributed by atoms with Crippen molar-refractivity contribution in [1.82, 2.24) is 10.2 Å². The van der Waals surface area contributed by atoms with Crippen molar-refractivity contribution in [1.29, 1.82) is 5.26 Å². The number of likely N-dealkylation sites (tertiary alicyclic amines) is 1. The number of carbonyl (C=O) groups is 1. The van der Waals surface area contributed by atoms with Crippen LogP contribution in [0.1, 0.15) is 78.0 Å². The van der Waals surface area contributed by atoms with Crippen molar-refractivity contribution < 1.29 is 14.0 Å². The molecule has 6 nitrogen and oxygen atoms in total. The number of hydrogen-bond donors (Lipinski definition) is 1. The van der Waals surface area contributed by atoms with Crippen molar-refractivity contribution in [3.8, 4) is 17.6 Å². The summed E-state index contributed by atoms with van der Waals surface area (Å²) in [6.07, 6.45) is 2.79. The molecule has 2 fully saturated rings. The van der Waals surface area contributed by atoms with E-state index in [9.17, 15) is 4.79 Å². The van der Waals surface area contributed by atoms with E-state index in [1.54, 1.807) is 36.4 Å². The van der Waals surface area contributed by atoms with Crippen molar-refractivity contribution in [2.24, 2.45) is 5.92 Å². The molecule has 0 saturated carbocycles. The van der Waals surface area contributed by atoms with Gasteiger partial charge >= 0.3 is 0 Å². The summed E-state index contributed by atoms with van der Waals surface area (Å²) in [7, 11) is -1.98. The number of ether oxygens (including phenoxy) is 1. The van der Waals surface area contributed by atoms with E-state index < -0.39 is 8.32 Å². The van der Waals surface area contributed by atoms with Crippen molar-refractivity contribution in [2.45, 2.75) is 89.6 Å². The molecule has 2 aliphatic heterocycles. The Morgan fingerprint density at radius 2 is 1.49 bits per heavy atom. The standard InChI is InChI=1S/C32H43Cl2N3O3Si/c1-20(2)41(21(3)4,22(5)6)40-25-12-15-37(16-13-25)31(27-11-14-36-32(27)38)30-28(33)17-26(18-29(30)34)39-24-9-7-23(19-35)8-10-24/h7-10,17-18,20-22,25,27,31H,11-16H2,1-6H3,(H,36,38). The van der Waals surface area contributed by atoms with E-state index in [1.165, 1.54) is 0 Å². The number of nitrogens with zero attached hydrogens (tertiary/aromatic N) is 2. The molecule has 1 N–H and O–H groups in total. The van der Waals surface area contributed by atoms with E-state index >= 15 is 0 Å². The first-order valence-corrected chi connectivity index (χ1v) is 17.7. The van der Waals surface area contributed by atoms with E-state index in [0.29, 0.717) is 50.3 Å². The number of rotatable bonds is 10. The molecule has 0 bridgehead atoms. The average molecular weight is 617 g/mol. The van der Waals surface area contributed by atoms with Crippen LogP contribution in [0.5, 0.6) is 11.5 Å². The largest absolute Gasteiger partial charge is 0.457 e. The van der Waals surface area contributed by atoms with Gasteiger partial charge in [0.15, 0.2) is 0 Å². The molecule has 2 heterocycles. The van der Waals surface area contributed by atoms with Gasteiger partial charge in [-0.3, -0.25) is 9.69 Å². The van der Waals surface area contributed by atoms with Gasteiger partial charge in [0, 0.05) is 37.3 Å². The third-order valence-electron chi connectivity index (χ3n) is 8.99.